The van der Waals surface area contributed by atoms with Gasteiger partial charge in [-0.05, 0) is 50.6 Å². The number of rotatable bonds is 8. The van der Waals surface area contributed by atoms with Crippen molar-refractivity contribution in [3.63, 3.8) is 0 Å². The van der Waals surface area contributed by atoms with Crippen molar-refractivity contribution in [3.8, 4) is 0 Å². The molecule has 2 aromatic carbocycles. The van der Waals surface area contributed by atoms with Gasteiger partial charge in [0, 0.05) is 30.9 Å². The highest BCUT2D eigenvalue weighted by Crippen LogP contribution is 2.21. The third kappa shape index (κ3) is 4.96. The summed E-state index contributed by atoms with van der Waals surface area (Å²) in [4.78, 5) is 15.0. The minimum atomic E-state index is -3.64. The van der Waals surface area contributed by atoms with Crippen LogP contribution in [-0.4, -0.2) is 38.3 Å². The SMILES string of the molecule is CCCCN(C(=O)c1cccc(S(=O)(=O)N(C)C(C)C)c1)c1ccccc1. The van der Waals surface area contributed by atoms with Crippen molar-refractivity contribution < 1.29 is 13.2 Å². The normalized spacial score (nSPS) is 11.8. The minimum absolute atomic E-state index is 0.132. The van der Waals surface area contributed by atoms with Gasteiger partial charge >= 0.3 is 0 Å². The Bertz CT molecular complexity index is 864. The maximum atomic E-state index is 13.2. The molecular formula is C21H28N2O3S. The van der Waals surface area contributed by atoms with Crippen LogP contribution < -0.4 is 4.90 Å². The summed E-state index contributed by atoms with van der Waals surface area (Å²) in [5.74, 6) is -0.195. The molecule has 146 valence electrons. The molecule has 27 heavy (non-hydrogen) atoms. The standard InChI is InChI=1S/C21H28N2O3S/c1-5-6-15-23(19-12-8-7-9-13-19)21(24)18-11-10-14-20(16-18)27(25,26)22(4)17(2)3/h7-14,16-17H,5-6,15H2,1-4H3. The minimum Gasteiger partial charge on any atom is -0.308 e. The molecule has 5 nitrogen and oxygen atoms in total. The average Bonchev–Trinajstić information content (AvgIpc) is 2.68. The number of amides is 1. The van der Waals surface area contributed by atoms with Crippen LogP contribution in [0.3, 0.4) is 0 Å². The molecule has 0 aliphatic rings. The number of nitrogens with zero attached hydrogens (tertiary/aromatic N) is 2. The summed E-state index contributed by atoms with van der Waals surface area (Å²) in [5.41, 5.74) is 1.18. The number of benzene rings is 2. The molecule has 0 saturated heterocycles. The molecule has 0 aromatic heterocycles. The molecule has 0 aliphatic carbocycles. The fraction of sp³-hybridized carbons (Fsp3) is 0.381. The summed E-state index contributed by atoms with van der Waals surface area (Å²) in [6, 6.07) is 15.6. The first-order valence-corrected chi connectivity index (χ1v) is 10.7. The number of hydrogen-bond donors (Lipinski definition) is 0. The zero-order chi connectivity index (χ0) is 20.0. The number of para-hydroxylation sites is 1. The van der Waals surface area contributed by atoms with Gasteiger partial charge < -0.3 is 4.90 Å². The summed E-state index contributed by atoms with van der Waals surface area (Å²) in [5, 5.41) is 0. The Hall–Kier alpha value is -2.18. The first kappa shape index (κ1) is 21.1. The molecule has 0 atom stereocenters. The summed E-state index contributed by atoms with van der Waals surface area (Å²) in [7, 11) is -2.09. The van der Waals surface area contributed by atoms with Crippen LogP contribution in [0.1, 0.15) is 44.0 Å². The van der Waals surface area contributed by atoms with Crippen molar-refractivity contribution in [1.82, 2.24) is 4.31 Å². The summed E-state index contributed by atoms with van der Waals surface area (Å²) in [6.07, 6.45) is 1.83. The zero-order valence-corrected chi connectivity index (χ0v) is 17.2. The van der Waals surface area contributed by atoms with E-state index in [1.54, 1.807) is 24.1 Å². The third-order valence-electron chi connectivity index (χ3n) is 4.53. The van der Waals surface area contributed by atoms with Crippen LogP contribution in [0.25, 0.3) is 0 Å². The maximum absolute atomic E-state index is 13.2. The Morgan fingerprint density at radius 3 is 2.30 bits per heavy atom. The van der Waals surface area contributed by atoms with Crippen molar-refractivity contribution in [2.24, 2.45) is 0 Å². The average molecular weight is 389 g/mol. The van der Waals surface area contributed by atoms with E-state index in [1.165, 1.54) is 16.4 Å². The molecule has 0 saturated carbocycles. The largest absolute Gasteiger partial charge is 0.308 e. The Labute approximate surface area is 162 Å². The van der Waals surface area contributed by atoms with E-state index in [0.717, 1.165) is 18.5 Å². The van der Waals surface area contributed by atoms with Gasteiger partial charge in [-0.15, -0.1) is 0 Å². The predicted octanol–water partition coefficient (Wildman–Crippen LogP) is 4.16. The van der Waals surface area contributed by atoms with Gasteiger partial charge in [0.1, 0.15) is 0 Å². The number of sulfonamides is 1. The lowest BCUT2D eigenvalue weighted by Crippen LogP contribution is -2.34. The fourth-order valence-electron chi connectivity index (χ4n) is 2.66. The summed E-state index contributed by atoms with van der Waals surface area (Å²) >= 11 is 0. The van der Waals surface area contributed by atoms with E-state index in [9.17, 15) is 13.2 Å². The second-order valence-electron chi connectivity index (χ2n) is 6.79. The van der Waals surface area contributed by atoms with E-state index >= 15 is 0 Å². The van der Waals surface area contributed by atoms with Crippen LogP contribution in [0.15, 0.2) is 59.5 Å². The Morgan fingerprint density at radius 2 is 1.70 bits per heavy atom. The number of carbonyl (C=O) groups excluding carboxylic acids is 1. The number of carbonyl (C=O) groups is 1. The van der Waals surface area contributed by atoms with Crippen molar-refractivity contribution >= 4 is 21.6 Å². The molecule has 0 radical (unpaired) electrons. The van der Waals surface area contributed by atoms with E-state index in [4.69, 9.17) is 0 Å². The Kier molecular flexibility index (Phi) is 7.16. The Morgan fingerprint density at radius 1 is 1.04 bits per heavy atom. The van der Waals surface area contributed by atoms with Gasteiger partial charge in [0.15, 0.2) is 0 Å². The van der Waals surface area contributed by atoms with Crippen LogP contribution in [0.5, 0.6) is 0 Å². The molecule has 0 spiro atoms. The molecule has 0 unspecified atom stereocenters. The molecule has 2 aromatic rings. The molecule has 0 aliphatic heterocycles. The fourth-order valence-corrected chi connectivity index (χ4v) is 4.08. The first-order chi connectivity index (χ1) is 12.8. The molecule has 1 amide bonds. The van der Waals surface area contributed by atoms with Crippen molar-refractivity contribution in [3.05, 3.63) is 60.2 Å². The first-order valence-electron chi connectivity index (χ1n) is 9.24. The van der Waals surface area contributed by atoms with Gasteiger partial charge in [-0.25, -0.2) is 8.42 Å². The summed E-state index contributed by atoms with van der Waals surface area (Å²) in [6.45, 7) is 6.29. The lowest BCUT2D eigenvalue weighted by Gasteiger charge is -2.24. The molecule has 0 heterocycles. The van der Waals surface area contributed by atoms with Crippen LogP contribution in [0.4, 0.5) is 5.69 Å². The topological polar surface area (TPSA) is 57.7 Å². The van der Waals surface area contributed by atoms with E-state index in [0.29, 0.717) is 12.1 Å². The lowest BCUT2D eigenvalue weighted by molar-refractivity contribution is 0.0986. The lowest BCUT2D eigenvalue weighted by atomic mass is 10.1. The monoisotopic (exact) mass is 388 g/mol. The van der Waals surface area contributed by atoms with Gasteiger partial charge in [0.25, 0.3) is 5.91 Å². The molecule has 0 fully saturated rings. The number of anilines is 1. The Balaban J connectivity index is 2.40. The molecule has 6 heteroatoms. The quantitative estimate of drug-likeness (QED) is 0.682. The van der Waals surface area contributed by atoms with E-state index < -0.39 is 10.0 Å². The van der Waals surface area contributed by atoms with Crippen molar-refractivity contribution in [2.75, 3.05) is 18.5 Å². The zero-order valence-electron chi connectivity index (χ0n) is 16.4. The highest BCUT2D eigenvalue weighted by molar-refractivity contribution is 7.89. The summed E-state index contributed by atoms with van der Waals surface area (Å²) < 4.78 is 26.8. The van der Waals surface area contributed by atoms with E-state index in [1.807, 2.05) is 44.2 Å². The number of hydrogen-bond acceptors (Lipinski definition) is 3. The van der Waals surface area contributed by atoms with Gasteiger partial charge in [0.2, 0.25) is 10.0 Å². The predicted molar refractivity (Wildman–Crippen MR) is 110 cm³/mol. The van der Waals surface area contributed by atoms with Crippen molar-refractivity contribution in [1.29, 1.82) is 0 Å². The van der Waals surface area contributed by atoms with Crippen LogP contribution in [0.2, 0.25) is 0 Å². The van der Waals surface area contributed by atoms with Gasteiger partial charge in [-0.2, -0.15) is 4.31 Å². The van der Waals surface area contributed by atoms with Crippen LogP contribution in [0, 0.1) is 0 Å². The van der Waals surface area contributed by atoms with Gasteiger partial charge in [-0.3, -0.25) is 4.79 Å². The third-order valence-corrected chi connectivity index (χ3v) is 6.56. The second-order valence-corrected chi connectivity index (χ2v) is 8.79. The molecule has 2 rings (SSSR count). The molecule has 0 bridgehead atoms. The van der Waals surface area contributed by atoms with Crippen LogP contribution >= 0.6 is 0 Å². The second kappa shape index (κ2) is 9.15. The smallest absolute Gasteiger partial charge is 0.258 e. The number of unbranched alkanes of at least 4 members (excludes halogenated alkanes) is 1. The van der Waals surface area contributed by atoms with E-state index in [2.05, 4.69) is 6.92 Å². The van der Waals surface area contributed by atoms with E-state index in [-0.39, 0.29) is 16.8 Å². The maximum Gasteiger partial charge on any atom is 0.258 e. The van der Waals surface area contributed by atoms with Gasteiger partial charge in [0.05, 0.1) is 4.90 Å². The van der Waals surface area contributed by atoms with Crippen molar-refractivity contribution in [2.45, 2.75) is 44.6 Å². The van der Waals surface area contributed by atoms with Crippen LogP contribution in [-0.2, 0) is 10.0 Å². The van der Waals surface area contributed by atoms with Gasteiger partial charge in [-0.1, -0.05) is 37.6 Å². The molecule has 0 N–H and O–H groups in total. The molecular weight excluding hydrogens is 360 g/mol. The highest BCUT2D eigenvalue weighted by Gasteiger charge is 2.25. The highest BCUT2D eigenvalue weighted by atomic mass is 32.2.